The lowest BCUT2D eigenvalue weighted by atomic mass is 10.2. The molecular formula is C18H19NO4S. The largest absolute Gasteiger partial charge is 0.462 e. The minimum atomic E-state index is -0.370. The van der Waals surface area contributed by atoms with Crippen molar-refractivity contribution < 1.29 is 19.1 Å². The van der Waals surface area contributed by atoms with Crippen LogP contribution in [0.15, 0.2) is 36.4 Å². The van der Waals surface area contributed by atoms with Gasteiger partial charge in [-0.05, 0) is 49.7 Å². The van der Waals surface area contributed by atoms with E-state index in [0.29, 0.717) is 27.6 Å². The van der Waals surface area contributed by atoms with Gasteiger partial charge < -0.3 is 10.1 Å². The zero-order valence-corrected chi connectivity index (χ0v) is 14.4. The summed E-state index contributed by atoms with van der Waals surface area (Å²) < 4.78 is 5.13. The Kier molecular flexibility index (Phi) is 6.26. The lowest BCUT2D eigenvalue weighted by Crippen LogP contribution is -2.11. The van der Waals surface area contributed by atoms with Gasteiger partial charge in [0.1, 0.15) is 0 Å². The van der Waals surface area contributed by atoms with Crippen molar-refractivity contribution in [1.29, 1.82) is 0 Å². The van der Waals surface area contributed by atoms with Crippen molar-refractivity contribution in [2.75, 3.05) is 11.9 Å². The van der Waals surface area contributed by atoms with Crippen LogP contribution in [0.1, 0.15) is 56.4 Å². The smallest absolute Gasteiger partial charge is 0.338 e. The van der Waals surface area contributed by atoms with E-state index in [1.165, 1.54) is 6.92 Å². The summed E-state index contributed by atoms with van der Waals surface area (Å²) in [5.41, 5.74) is 1.02. The third kappa shape index (κ3) is 4.76. The number of hydrogen-bond donors (Lipinski definition) is 1. The van der Waals surface area contributed by atoms with Crippen LogP contribution in [-0.4, -0.2) is 24.3 Å². The number of rotatable bonds is 7. The van der Waals surface area contributed by atoms with E-state index in [1.54, 1.807) is 36.4 Å². The molecule has 0 aliphatic rings. The fraction of sp³-hybridized carbons (Fsp3) is 0.278. The highest BCUT2D eigenvalue weighted by atomic mass is 32.1. The van der Waals surface area contributed by atoms with Gasteiger partial charge in [-0.1, -0.05) is 13.3 Å². The van der Waals surface area contributed by atoms with Crippen LogP contribution >= 0.6 is 11.3 Å². The third-order valence-corrected chi connectivity index (χ3v) is 4.47. The zero-order valence-electron chi connectivity index (χ0n) is 13.6. The molecule has 1 N–H and O–H groups in total. The molecule has 126 valence electrons. The number of benzene rings is 1. The van der Waals surface area contributed by atoms with Crippen LogP contribution in [0.2, 0.25) is 0 Å². The van der Waals surface area contributed by atoms with Crippen molar-refractivity contribution in [3.05, 3.63) is 51.7 Å². The summed E-state index contributed by atoms with van der Waals surface area (Å²) in [7, 11) is 0. The number of amides is 1. The van der Waals surface area contributed by atoms with Crippen LogP contribution in [0.3, 0.4) is 0 Å². The van der Waals surface area contributed by atoms with Crippen molar-refractivity contribution in [3.63, 3.8) is 0 Å². The molecule has 0 unspecified atom stereocenters. The first-order valence-electron chi connectivity index (χ1n) is 7.70. The number of anilines is 1. The summed E-state index contributed by atoms with van der Waals surface area (Å²) in [5, 5.41) is 2.74. The normalized spacial score (nSPS) is 10.2. The third-order valence-electron chi connectivity index (χ3n) is 3.29. The Labute approximate surface area is 144 Å². The van der Waals surface area contributed by atoms with Crippen molar-refractivity contribution in [1.82, 2.24) is 0 Å². The van der Waals surface area contributed by atoms with Gasteiger partial charge in [0.15, 0.2) is 5.78 Å². The van der Waals surface area contributed by atoms with E-state index in [-0.39, 0.29) is 17.7 Å². The second-order valence-corrected chi connectivity index (χ2v) is 6.32. The summed E-state index contributed by atoms with van der Waals surface area (Å²) >= 11 is 1.15. The lowest BCUT2D eigenvalue weighted by molar-refractivity contribution is 0.0499. The van der Waals surface area contributed by atoms with Gasteiger partial charge in [-0.25, -0.2) is 4.79 Å². The Morgan fingerprint density at radius 2 is 1.71 bits per heavy atom. The van der Waals surface area contributed by atoms with Gasteiger partial charge in [-0.2, -0.15) is 0 Å². The molecule has 0 bridgehead atoms. The van der Waals surface area contributed by atoms with E-state index in [4.69, 9.17) is 4.74 Å². The van der Waals surface area contributed by atoms with Gasteiger partial charge >= 0.3 is 5.97 Å². The molecule has 0 saturated carbocycles. The highest BCUT2D eigenvalue weighted by Gasteiger charge is 2.12. The molecule has 6 heteroatoms. The standard InChI is InChI=1S/C18H19NO4S/c1-3-4-11-23-18(22)13-5-7-14(8-6-13)19-17(21)16-10-9-15(24-16)12(2)20/h5-10H,3-4,11H2,1-2H3,(H,19,21). The minimum absolute atomic E-state index is 0.0648. The summed E-state index contributed by atoms with van der Waals surface area (Å²) in [5.74, 6) is -0.721. The Balaban J connectivity index is 1.96. The Morgan fingerprint density at radius 1 is 1.04 bits per heavy atom. The molecule has 0 saturated heterocycles. The van der Waals surface area contributed by atoms with Gasteiger partial charge in [-0.3, -0.25) is 9.59 Å². The quantitative estimate of drug-likeness (QED) is 0.464. The predicted molar refractivity (Wildman–Crippen MR) is 93.9 cm³/mol. The van der Waals surface area contributed by atoms with Crippen molar-refractivity contribution in [2.45, 2.75) is 26.7 Å². The molecule has 0 atom stereocenters. The average molecular weight is 345 g/mol. The number of ketones is 1. The minimum Gasteiger partial charge on any atom is -0.462 e. The van der Waals surface area contributed by atoms with Gasteiger partial charge in [-0.15, -0.1) is 11.3 Å². The molecule has 1 heterocycles. The van der Waals surface area contributed by atoms with E-state index in [1.807, 2.05) is 6.92 Å². The molecular weight excluding hydrogens is 326 g/mol. The Bertz CT molecular complexity index is 734. The van der Waals surface area contributed by atoms with Crippen molar-refractivity contribution >= 4 is 34.7 Å². The molecule has 0 fully saturated rings. The monoisotopic (exact) mass is 345 g/mol. The maximum atomic E-state index is 12.1. The number of carbonyl (C=O) groups is 3. The van der Waals surface area contributed by atoms with Crippen LogP contribution in [0.5, 0.6) is 0 Å². The summed E-state index contributed by atoms with van der Waals surface area (Å²) in [6.07, 6.45) is 1.80. The van der Waals surface area contributed by atoms with Crippen LogP contribution in [0.4, 0.5) is 5.69 Å². The molecule has 5 nitrogen and oxygen atoms in total. The van der Waals surface area contributed by atoms with Gasteiger partial charge in [0, 0.05) is 5.69 Å². The van der Waals surface area contributed by atoms with E-state index in [2.05, 4.69) is 5.32 Å². The van der Waals surface area contributed by atoms with E-state index >= 15 is 0 Å². The number of Topliss-reactive ketones (excluding diaryl/α,β-unsaturated/α-hetero) is 1. The van der Waals surface area contributed by atoms with E-state index in [9.17, 15) is 14.4 Å². The Morgan fingerprint density at radius 3 is 2.29 bits per heavy atom. The van der Waals surface area contributed by atoms with Gasteiger partial charge in [0.05, 0.1) is 21.9 Å². The van der Waals surface area contributed by atoms with Crippen LogP contribution in [0, 0.1) is 0 Å². The Hall–Kier alpha value is -2.47. The number of carbonyl (C=O) groups excluding carboxylic acids is 3. The topological polar surface area (TPSA) is 72.5 Å². The van der Waals surface area contributed by atoms with Crippen molar-refractivity contribution in [3.8, 4) is 0 Å². The molecule has 24 heavy (non-hydrogen) atoms. The molecule has 0 aliphatic carbocycles. The molecule has 1 amide bonds. The average Bonchev–Trinajstić information content (AvgIpc) is 3.06. The molecule has 2 rings (SSSR count). The van der Waals surface area contributed by atoms with Crippen LogP contribution < -0.4 is 5.32 Å². The van der Waals surface area contributed by atoms with Crippen LogP contribution in [0.25, 0.3) is 0 Å². The molecule has 1 aromatic heterocycles. The van der Waals surface area contributed by atoms with Crippen molar-refractivity contribution in [2.24, 2.45) is 0 Å². The zero-order chi connectivity index (χ0) is 17.5. The van der Waals surface area contributed by atoms with Gasteiger partial charge in [0.25, 0.3) is 5.91 Å². The first-order valence-corrected chi connectivity index (χ1v) is 8.52. The highest BCUT2D eigenvalue weighted by Crippen LogP contribution is 2.19. The number of unbranched alkanes of at least 4 members (excludes halogenated alkanes) is 1. The SMILES string of the molecule is CCCCOC(=O)c1ccc(NC(=O)c2ccc(C(C)=O)s2)cc1. The first-order chi connectivity index (χ1) is 11.5. The first kappa shape index (κ1) is 17.9. The lowest BCUT2D eigenvalue weighted by Gasteiger charge is -2.06. The summed E-state index contributed by atoms with van der Waals surface area (Å²) in [6.45, 7) is 3.90. The second kappa shape index (κ2) is 8.40. The summed E-state index contributed by atoms with van der Waals surface area (Å²) in [4.78, 5) is 36.2. The predicted octanol–water partition coefficient (Wildman–Crippen LogP) is 4.16. The highest BCUT2D eigenvalue weighted by molar-refractivity contribution is 7.16. The summed E-state index contributed by atoms with van der Waals surface area (Å²) in [6, 6.07) is 9.77. The van der Waals surface area contributed by atoms with Gasteiger partial charge in [0.2, 0.25) is 0 Å². The maximum absolute atomic E-state index is 12.1. The molecule has 1 aromatic carbocycles. The fourth-order valence-corrected chi connectivity index (χ4v) is 2.72. The van der Waals surface area contributed by atoms with Crippen LogP contribution in [-0.2, 0) is 4.74 Å². The number of esters is 1. The number of ether oxygens (including phenoxy) is 1. The molecule has 0 spiro atoms. The molecule has 0 aliphatic heterocycles. The van der Waals surface area contributed by atoms with E-state index < -0.39 is 0 Å². The number of thiophene rings is 1. The van der Waals surface area contributed by atoms with E-state index in [0.717, 1.165) is 24.2 Å². The number of nitrogens with one attached hydrogen (secondary N) is 1. The molecule has 2 aromatic rings. The maximum Gasteiger partial charge on any atom is 0.338 e. The molecule has 0 radical (unpaired) electrons. The number of hydrogen-bond acceptors (Lipinski definition) is 5. The fourth-order valence-electron chi connectivity index (χ4n) is 1.92. The second-order valence-electron chi connectivity index (χ2n) is 5.24.